The summed E-state index contributed by atoms with van der Waals surface area (Å²) in [4.78, 5) is 9.39. The van der Waals surface area contributed by atoms with E-state index >= 15 is 0 Å². The summed E-state index contributed by atoms with van der Waals surface area (Å²) in [7, 11) is 1.68. The zero-order chi connectivity index (χ0) is 21.0. The van der Waals surface area contributed by atoms with Crippen LogP contribution in [-0.4, -0.2) is 27.3 Å². The first-order chi connectivity index (χ1) is 15.3. The Morgan fingerprint density at radius 3 is 2.48 bits per heavy atom. The standard InChI is InChI=1S/C24H20N6O/c1-31-21-12-11-17(15-19(21)16-7-3-2-4-8-16)26-24-27-20-10-6-5-9-18(20)23(29-24)28-22-13-14-25-30-22/h2-15H,1H3,(H3,25,26,27,28,29,30). The van der Waals surface area contributed by atoms with Crippen LogP contribution < -0.4 is 15.4 Å². The van der Waals surface area contributed by atoms with E-state index in [0.29, 0.717) is 11.8 Å². The van der Waals surface area contributed by atoms with Crippen molar-refractivity contribution in [1.29, 1.82) is 0 Å². The molecule has 7 nitrogen and oxygen atoms in total. The molecule has 31 heavy (non-hydrogen) atoms. The van der Waals surface area contributed by atoms with Crippen molar-refractivity contribution < 1.29 is 4.74 Å². The highest BCUT2D eigenvalue weighted by Crippen LogP contribution is 2.33. The van der Waals surface area contributed by atoms with Crippen molar-refractivity contribution >= 4 is 34.2 Å². The second-order valence-corrected chi connectivity index (χ2v) is 6.91. The summed E-state index contributed by atoms with van der Waals surface area (Å²) in [6.45, 7) is 0. The molecule has 0 spiro atoms. The number of H-pyrrole nitrogens is 1. The van der Waals surface area contributed by atoms with Gasteiger partial charge >= 0.3 is 0 Å². The Morgan fingerprint density at radius 1 is 0.839 bits per heavy atom. The van der Waals surface area contributed by atoms with Crippen molar-refractivity contribution in [2.75, 3.05) is 17.7 Å². The Bertz CT molecular complexity index is 1320. The van der Waals surface area contributed by atoms with Gasteiger partial charge in [-0.25, -0.2) is 4.98 Å². The van der Waals surface area contributed by atoms with Crippen LogP contribution in [0.25, 0.3) is 22.0 Å². The van der Waals surface area contributed by atoms with E-state index in [1.807, 2.05) is 66.7 Å². The quantitative estimate of drug-likeness (QED) is 0.343. The van der Waals surface area contributed by atoms with Crippen molar-refractivity contribution in [3.8, 4) is 16.9 Å². The van der Waals surface area contributed by atoms with Gasteiger partial charge in [-0.2, -0.15) is 10.1 Å². The number of rotatable bonds is 6. The van der Waals surface area contributed by atoms with E-state index in [1.54, 1.807) is 13.3 Å². The summed E-state index contributed by atoms with van der Waals surface area (Å²) in [6, 6.07) is 25.8. The van der Waals surface area contributed by atoms with Crippen LogP contribution >= 0.6 is 0 Å². The number of aromatic amines is 1. The van der Waals surface area contributed by atoms with E-state index in [0.717, 1.165) is 39.3 Å². The zero-order valence-corrected chi connectivity index (χ0v) is 16.8. The number of hydrogen-bond donors (Lipinski definition) is 3. The van der Waals surface area contributed by atoms with Gasteiger partial charge in [0.25, 0.3) is 0 Å². The van der Waals surface area contributed by atoms with Crippen molar-refractivity contribution in [3.05, 3.63) is 85.1 Å². The monoisotopic (exact) mass is 408 g/mol. The van der Waals surface area contributed by atoms with Crippen LogP contribution in [0.15, 0.2) is 85.1 Å². The molecule has 5 rings (SSSR count). The number of ether oxygens (including phenoxy) is 1. The summed E-state index contributed by atoms with van der Waals surface area (Å²) >= 11 is 0. The first-order valence-electron chi connectivity index (χ1n) is 9.84. The third-order valence-electron chi connectivity index (χ3n) is 4.90. The molecular formula is C24H20N6O. The number of hydrogen-bond acceptors (Lipinski definition) is 6. The molecule has 0 saturated heterocycles. The van der Waals surface area contributed by atoms with Crippen LogP contribution in [-0.2, 0) is 0 Å². The number of benzene rings is 3. The molecule has 0 aliphatic heterocycles. The fourth-order valence-electron chi connectivity index (χ4n) is 3.44. The number of nitrogens with one attached hydrogen (secondary N) is 3. The maximum atomic E-state index is 5.56. The molecule has 0 fully saturated rings. The van der Waals surface area contributed by atoms with Crippen LogP contribution in [0, 0.1) is 0 Å². The lowest BCUT2D eigenvalue weighted by molar-refractivity contribution is 0.416. The Kier molecular flexibility index (Phi) is 4.90. The zero-order valence-electron chi connectivity index (χ0n) is 16.8. The minimum Gasteiger partial charge on any atom is -0.496 e. The number of para-hydroxylation sites is 1. The summed E-state index contributed by atoms with van der Waals surface area (Å²) in [5.41, 5.74) is 3.76. The lowest BCUT2D eigenvalue weighted by Gasteiger charge is -2.13. The van der Waals surface area contributed by atoms with Gasteiger partial charge in [0.2, 0.25) is 5.95 Å². The van der Waals surface area contributed by atoms with Gasteiger partial charge in [-0.05, 0) is 35.9 Å². The molecular weight excluding hydrogens is 388 g/mol. The number of anilines is 4. The second-order valence-electron chi connectivity index (χ2n) is 6.91. The Hall–Kier alpha value is -4.39. The molecule has 0 saturated carbocycles. The van der Waals surface area contributed by atoms with E-state index in [4.69, 9.17) is 9.72 Å². The molecule has 0 atom stereocenters. The maximum absolute atomic E-state index is 5.56. The van der Waals surface area contributed by atoms with E-state index in [1.165, 1.54) is 0 Å². The molecule has 0 aliphatic carbocycles. The number of nitrogens with zero attached hydrogens (tertiary/aromatic N) is 3. The van der Waals surface area contributed by atoms with E-state index in [9.17, 15) is 0 Å². The molecule has 0 amide bonds. The molecule has 2 heterocycles. The van der Waals surface area contributed by atoms with Crippen LogP contribution in [0.5, 0.6) is 5.75 Å². The summed E-state index contributed by atoms with van der Waals surface area (Å²) in [5.74, 6) is 2.74. The van der Waals surface area contributed by atoms with Gasteiger partial charge in [-0.3, -0.25) is 5.10 Å². The van der Waals surface area contributed by atoms with Crippen molar-refractivity contribution in [3.63, 3.8) is 0 Å². The van der Waals surface area contributed by atoms with E-state index < -0.39 is 0 Å². The second kappa shape index (κ2) is 8.16. The normalized spacial score (nSPS) is 10.7. The Labute approximate surface area is 179 Å². The largest absolute Gasteiger partial charge is 0.496 e. The fourth-order valence-corrected chi connectivity index (χ4v) is 3.44. The average Bonchev–Trinajstić information content (AvgIpc) is 3.33. The van der Waals surface area contributed by atoms with Gasteiger partial charge in [0, 0.05) is 22.7 Å². The summed E-state index contributed by atoms with van der Waals surface area (Å²) in [5, 5.41) is 14.4. The molecule has 3 N–H and O–H groups in total. The average molecular weight is 408 g/mol. The Morgan fingerprint density at radius 2 is 1.68 bits per heavy atom. The molecule has 5 aromatic rings. The van der Waals surface area contributed by atoms with Crippen molar-refractivity contribution in [2.45, 2.75) is 0 Å². The van der Waals surface area contributed by atoms with Crippen molar-refractivity contribution in [1.82, 2.24) is 20.2 Å². The number of fused-ring (bicyclic) bond motifs is 1. The Balaban J connectivity index is 1.53. The molecule has 7 heteroatoms. The van der Waals surface area contributed by atoms with Crippen molar-refractivity contribution in [2.24, 2.45) is 0 Å². The van der Waals surface area contributed by atoms with Crippen LogP contribution in [0.4, 0.5) is 23.3 Å². The molecule has 3 aromatic carbocycles. The highest BCUT2D eigenvalue weighted by atomic mass is 16.5. The summed E-state index contributed by atoms with van der Waals surface area (Å²) in [6.07, 6.45) is 1.69. The van der Waals surface area contributed by atoms with Gasteiger partial charge in [-0.15, -0.1) is 0 Å². The van der Waals surface area contributed by atoms with Crippen LogP contribution in [0.2, 0.25) is 0 Å². The number of methoxy groups -OCH3 is 1. The van der Waals surface area contributed by atoms with Crippen LogP contribution in [0.3, 0.4) is 0 Å². The predicted molar refractivity (Wildman–Crippen MR) is 123 cm³/mol. The molecule has 2 aromatic heterocycles. The SMILES string of the molecule is COc1ccc(Nc2nc(Nc3ccn[nH]3)c3ccccc3n2)cc1-c1ccccc1. The highest BCUT2D eigenvalue weighted by Gasteiger charge is 2.11. The fraction of sp³-hybridized carbons (Fsp3) is 0.0417. The van der Waals surface area contributed by atoms with Gasteiger partial charge in [0.05, 0.1) is 18.8 Å². The predicted octanol–water partition coefficient (Wildman–Crippen LogP) is 5.52. The van der Waals surface area contributed by atoms with Gasteiger partial charge in [0.15, 0.2) is 0 Å². The summed E-state index contributed by atoms with van der Waals surface area (Å²) < 4.78 is 5.56. The van der Waals surface area contributed by atoms with Gasteiger partial charge in [-0.1, -0.05) is 42.5 Å². The minimum atomic E-state index is 0.491. The van der Waals surface area contributed by atoms with Gasteiger partial charge < -0.3 is 15.4 Å². The highest BCUT2D eigenvalue weighted by molar-refractivity contribution is 5.91. The third-order valence-corrected chi connectivity index (χ3v) is 4.90. The smallest absolute Gasteiger partial charge is 0.229 e. The lowest BCUT2D eigenvalue weighted by Crippen LogP contribution is -2.03. The molecule has 0 aliphatic rings. The molecule has 152 valence electrons. The molecule has 0 bridgehead atoms. The first-order valence-corrected chi connectivity index (χ1v) is 9.84. The molecule has 0 unspecified atom stereocenters. The van der Waals surface area contributed by atoms with E-state index in [2.05, 4.69) is 37.9 Å². The van der Waals surface area contributed by atoms with Gasteiger partial charge in [0.1, 0.15) is 17.4 Å². The topological polar surface area (TPSA) is 87.8 Å². The number of aromatic nitrogens is 4. The molecule has 0 radical (unpaired) electrons. The first kappa shape index (κ1) is 18.6. The lowest BCUT2D eigenvalue weighted by atomic mass is 10.0. The maximum Gasteiger partial charge on any atom is 0.229 e. The van der Waals surface area contributed by atoms with Crippen LogP contribution in [0.1, 0.15) is 0 Å². The van der Waals surface area contributed by atoms with E-state index in [-0.39, 0.29) is 0 Å². The third kappa shape index (κ3) is 3.89. The minimum absolute atomic E-state index is 0.491.